The summed E-state index contributed by atoms with van der Waals surface area (Å²) in [5.41, 5.74) is 0.0843. The fourth-order valence-corrected chi connectivity index (χ4v) is 3.18. The first-order valence-electron chi connectivity index (χ1n) is 4.70. The molecule has 0 amide bonds. The maximum Gasteiger partial charge on any atom is 0.355 e. The number of hydrogen-bond acceptors (Lipinski definition) is 5. The Hall–Kier alpha value is -1.11. The smallest absolute Gasteiger partial charge is 0.355 e. The van der Waals surface area contributed by atoms with Gasteiger partial charge in [0, 0.05) is 17.3 Å². The van der Waals surface area contributed by atoms with E-state index >= 15 is 0 Å². The van der Waals surface area contributed by atoms with E-state index in [1.54, 1.807) is 0 Å². The van der Waals surface area contributed by atoms with Gasteiger partial charge in [-0.05, 0) is 12.1 Å². The molecule has 4 nitrogen and oxygen atoms in total. The van der Waals surface area contributed by atoms with E-state index in [0.717, 1.165) is 9.21 Å². The molecule has 0 bridgehead atoms. The molecule has 2 heterocycles. The Balaban J connectivity index is 2.08. The van der Waals surface area contributed by atoms with E-state index in [1.807, 2.05) is 24.1 Å². The van der Waals surface area contributed by atoms with Crippen molar-refractivity contribution < 1.29 is 9.90 Å². The molecule has 0 radical (unpaired) electrons. The second-order valence-corrected chi connectivity index (χ2v) is 6.02. The zero-order chi connectivity index (χ0) is 12.4. The predicted molar refractivity (Wildman–Crippen MR) is 70.5 cm³/mol. The summed E-state index contributed by atoms with van der Waals surface area (Å²) >= 11 is 8.67. The van der Waals surface area contributed by atoms with Crippen LogP contribution in [0.15, 0.2) is 17.5 Å². The van der Waals surface area contributed by atoms with Crippen LogP contribution >= 0.6 is 34.3 Å². The molecule has 0 aliphatic heterocycles. The Kier molecular flexibility index (Phi) is 3.66. The van der Waals surface area contributed by atoms with Crippen molar-refractivity contribution in [3.8, 4) is 0 Å². The number of thiophene rings is 1. The Morgan fingerprint density at radius 2 is 2.35 bits per heavy atom. The maximum atomic E-state index is 10.7. The van der Waals surface area contributed by atoms with Gasteiger partial charge >= 0.3 is 5.97 Å². The van der Waals surface area contributed by atoms with Crippen LogP contribution in [0.3, 0.4) is 0 Å². The summed E-state index contributed by atoms with van der Waals surface area (Å²) < 4.78 is 0.749. The number of thiazole rings is 1. The van der Waals surface area contributed by atoms with Gasteiger partial charge in [-0.1, -0.05) is 11.6 Å². The summed E-state index contributed by atoms with van der Waals surface area (Å²) in [4.78, 5) is 17.8. The van der Waals surface area contributed by atoms with Crippen LogP contribution < -0.4 is 4.90 Å². The lowest BCUT2D eigenvalue weighted by Crippen LogP contribution is -2.15. The number of halogens is 1. The van der Waals surface area contributed by atoms with Gasteiger partial charge in [0.25, 0.3) is 0 Å². The number of carboxylic acids is 1. The van der Waals surface area contributed by atoms with Gasteiger partial charge in [-0.25, -0.2) is 9.78 Å². The van der Waals surface area contributed by atoms with Crippen LogP contribution in [-0.4, -0.2) is 23.1 Å². The molecule has 0 saturated carbocycles. The number of hydrogen-bond donors (Lipinski definition) is 1. The van der Waals surface area contributed by atoms with Crippen molar-refractivity contribution in [3.05, 3.63) is 32.4 Å². The Morgan fingerprint density at radius 3 is 2.88 bits per heavy atom. The molecule has 0 aliphatic carbocycles. The van der Waals surface area contributed by atoms with Gasteiger partial charge in [-0.2, -0.15) is 0 Å². The average Bonchev–Trinajstić information content (AvgIpc) is 2.86. The molecule has 0 spiro atoms. The molecule has 0 fully saturated rings. The van der Waals surface area contributed by atoms with E-state index in [1.165, 1.54) is 28.1 Å². The van der Waals surface area contributed by atoms with E-state index in [-0.39, 0.29) is 5.69 Å². The average molecular weight is 289 g/mol. The summed E-state index contributed by atoms with van der Waals surface area (Å²) in [6.07, 6.45) is 0. The number of carbonyl (C=O) groups is 1. The number of anilines is 1. The first-order chi connectivity index (χ1) is 8.06. The van der Waals surface area contributed by atoms with E-state index in [2.05, 4.69) is 4.98 Å². The SMILES string of the molecule is CN(Cc1ccc(Cl)s1)c1nc(C(=O)O)cs1. The van der Waals surface area contributed by atoms with E-state index in [4.69, 9.17) is 16.7 Å². The van der Waals surface area contributed by atoms with Gasteiger partial charge in [-0.15, -0.1) is 22.7 Å². The lowest BCUT2D eigenvalue weighted by molar-refractivity contribution is 0.0691. The van der Waals surface area contributed by atoms with Crippen LogP contribution in [0, 0.1) is 0 Å². The molecule has 0 unspecified atom stereocenters. The quantitative estimate of drug-likeness (QED) is 0.939. The highest BCUT2D eigenvalue weighted by atomic mass is 35.5. The third-order valence-corrected chi connectivity index (χ3v) is 4.23. The lowest BCUT2D eigenvalue weighted by atomic mass is 10.4. The van der Waals surface area contributed by atoms with Gasteiger partial charge in [0.15, 0.2) is 10.8 Å². The van der Waals surface area contributed by atoms with Gasteiger partial charge < -0.3 is 10.0 Å². The highest BCUT2D eigenvalue weighted by molar-refractivity contribution is 7.16. The highest BCUT2D eigenvalue weighted by Gasteiger charge is 2.12. The lowest BCUT2D eigenvalue weighted by Gasteiger charge is -2.13. The molecule has 2 rings (SSSR count). The van der Waals surface area contributed by atoms with E-state index in [9.17, 15) is 4.79 Å². The van der Waals surface area contributed by atoms with Crippen LogP contribution in [0.1, 0.15) is 15.4 Å². The molecule has 0 aromatic carbocycles. The van der Waals surface area contributed by atoms with Gasteiger partial charge in [0.1, 0.15) is 0 Å². The van der Waals surface area contributed by atoms with Crippen molar-refractivity contribution in [1.82, 2.24) is 4.98 Å². The van der Waals surface area contributed by atoms with Crippen LogP contribution in [0.2, 0.25) is 4.34 Å². The van der Waals surface area contributed by atoms with Crippen molar-refractivity contribution in [3.63, 3.8) is 0 Å². The van der Waals surface area contributed by atoms with E-state index in [0.29, 0.717) is 11.7 Å². The number of carboxylic acid groups (broad SMARTS) is 1. The molecule has 17 heavy (non-hydrogen) atoms. The fraction of sp³-hybridized carbons (Fsp3) is 0.200. The Bertz CT molecular complexity index is 538. The van der Waals surface area contributed by atoms with E-state index < -0.39 is 5.97 Å². The molecule has 7 heteroatoms. The third-order valence-electron chi connectivity index (χ3n) is 2.06. The fourth-order valence-electron chi connectivity index (χ4n) is 1.28. The molecule has 1 N–H and O–H groups in total. The number of rotatable bonds is 4. The summed E-state index contributed by atoms with van der Waals surface area (Å²) in [5, 5.41) is 11.0. The molecule has 0 atom stereocenters. The van der Waals surface area contributed by atoms with Crippen LogP contribution in [-0.2, 0) is 6.54 Å². The number of aromatic carboxylic acids is 1. The van der Waals surface area contributed by atoms with Crippen LogP contribution in [0.5, 0.6) is 0 Å². The Morgan fingerprint density at radius 1 is 1.59 bits per heavy atom. The minimum absolute atomic E-state index is 0.0843. The van der Waals surface area contributed by atoms with Crippen molar-refractivity contribution in [2.75, 3.05) is 11.9 Å². The molecular weight excluding hydrogens is 280 g/mol. The van der Waals surface area contributed by atoms with Crippen LogP contribution in [0.25, 0.3) is 0 Å². The topological polar surface area (TPSA) is 53.4 Å². The summed E-state index contributed by atoms with van der Waals surface area (Å²) in [7, 11) is 1.87. The van der Waals surface area contributed by atoms with Crippen molar-refractivity contribution in [2.24, 2.45) is 0 Å². The standard InChI is InChI=1S/C10H9ClN2O2S2/c1-13(4-6-2-3-8(11)17-6)10-12-7(5-16-10)9(14)15/h2-3,5H,4H2,1H3,(H,14,15). The van der Waals surface area contributed by atoms with Gasteiger partial charge in [-0.3, -0.25) is 0 Å². The monoisotopic (exact) mass is 288 g/mol. The molecular formula is C10H9ClN2O2S2. The predicted octanol–water partition coefficient (Wildman–Crippen LogP) is 3.19. The number of nitrogens with zero attached hydrogens (tertiary/aromatic N) is 2. The second-order valence-electron chi connectivity index (χ2n) is 3.38. The first kappa shape index (κ1) is 12.3. The van der Waals surface area contributed by atoms with Crippen molar-refractivity contribution in [2.45, 2.75) is 6.54 Å². The zero-order valence-corrected chi connectivity index (χ0v) is 11.3. The second kappa shape index (κ2) is 5.03. The van der Waals surface area contributed by atoms with Crippen molar-refractivity contribution in [1.29, 1.82) is 0 Å². The minimum Gasteiger partial charge on any atom is -0.476 e. The number of aromatic nitrogens is 1. The summed E-state index contributed by atoms with van der Waals surface area (Å²) in [5.74, 6) is -1.000. The third kappa shape index (κ3) is 2.96. The zero-order valence-electron chi connectivity index (χ0n) is 8.88. The highest BCUT2D eigenvalue weighted by Crippen LogP contribution is 2.26. The van der Waals surface area contributed by atoms with Gasteiger partial charge in [0.2, 0.25) is 0 Å². The molecule has 0 aliphatic rings. The minimum atomic E-state index is -1.000. The maximum absolute atomic E-state index is 10.7. The summed E-state index contributed by atoms with van der Waals surface area (Å²) in [6, 6.07) is 3.80. The van der Waals surface area contributed by atoms with Crippen LogP contribution in [0.4, 0.5) is 5.13 Å². The van der Waals surface area contributed by atoms with Crippen molar-refractivity contribution >= 4 is 45.4 Å². The largest absolute Gasteiger partial charge is 0.476 e. The molecule has 90 valence electrons. The molecule has 2 aromatic rings. The molecule has 2 aromatic heterocycles. The molecule has 0 saturated heterocycles. The normalized spacial score (nSPS) is 10.5. The first-order valence-corrected chi connectivity index (χ1v) is 6.78. The van der Waals surface area contributed by atoms with Gasteiger partial charge in [0.05, 0.1) is 10.9 Å². The summed E-state index contributed by atoms with van der Waals surface area (Å²) in [6.45, 7) is 0.671. The Labute approximate surface area is 111 Å².